The summed E-state index contributed by atoms with van der Waals surface area (Å²) in [6, 6.07) is 9.13. The number of hydrogen-bond donors (Lipinski definition) is 1. The summed E-state index contributed by atoms with van der Waals surface area (Å²) in [5.41, 5.74) is 1.49. The molecule has 0 aliphatic rings. The van der Waals surface area contributed by atoms with Crippen molar-refractivity contribution in [2.24, 2.45) is 0 Å². The van der Waals surface area contributed by atoms with Crippen LogP contribution in [0.15, 0.2) is 34.7 Å². The molecule has 0 saturated carbocycles. The average molecular weight is 274 g/mol. The zero-order valence-electron chi connectivity index (χ0n) is 11.8. The molecule has 0 unspecified atom stereocenters. The van der Waals surface area contributed by atoms with E-state index in [1.807, 2.05) is 18.2 Å². The van der Waals surface area contributed by atoms with Crippen LogP contribution in [0.3, 0.4) is 0 Å². The van der Waals surface area contributed by atoms with E-state index < -0.39 is 0 Å². The van der Waals surface area contributed by atoms with E-state index in [9.17, 15) is 10.1 Å². The number of furan rings is 1. The van der Waals surface area contributed by atoms with Crippen LogP contribution in [0.5, 0.6) is 0 Å². The second-order valence-electron chi connectivity index (χ2n) is 5.01. The van der Waals surface area contributed by atoms with Gasteiger partial charge in [-0.3, -0.25) is 10.1 Å². The summed E-state index contributed by atoms with van der Waals surface area (Å²) in [4.78, 5) is 10.6. The first-order chi connectivity index (χ1) is 9.49. The summed E-state index contributed by atoms with van der Waals surface area (Å²) < 4.78 is 5.75. The summed E-state index contributed by atoms with van der Waals surface area (Å²) in [6.45, 7) is 6.51. The van der Waals surface area contributed by atoms with Gasteiger partial charge in [-0.2, -0.15) is 0 Å². The van der Waals surface area contributed by atoms with Crippen LogP contribution in [0, 0.1) is 17.0 Å². The predicted octanol–water partition coefficient (Wildman–Crippen LogP) is 3.66. The van der Waals surface area contributed by atoms with Crippen LogP contribution in [0.2, 0.25) is 0 Å². The lowest BCUT2D eigenvalue weighted by atomic mass is 10.1. The van der Waals surface area contributed by atoms with Crippen molar-refractivity contribution in [3.8, 4) is 11.3 Å². The summed E-state index contributed by atoms with van der Waals surface area (Å²) in [7, 11) is 0. The molecule has 0 saturated heterocycles. The topological polar surface area (TPSA) is 68.3 Å². The van der Waals surface area contributed by atoms with Crippen molar-refractivity contribution >= 4 is 5.69 Å². The Morgan fingerprint density at radius 3 is 2.70 bits per heavy atom. The van der Waals surface area contributed by atoms with Gasteiger partial charge in [0.05, 0.1) is 11.5 Å². The lowest BCUT2D eigenvalue weighted by Gasteiger charge is -2.06. The maximum absolute atomic E-state index is 11.0. The van der Waals surface area contributed by atoms with Gasteiger partial charge >= 0.3 is 0 Å². The fourth-order valence-electron chi connectivity index (χ4n) is 2.01. The Bertz CT molecular complexity index is 617. The van der Waals surface area contributed by atoms with E-state index in [0.717, 1.165) is 11.3 Å². The Kier molecular flexibility index (Phi) is 4.20. The summed E-state index contributed by atoms with van der Waals surface area (Å²) in [6.07, 6.45) is 0. The van der Waals surface area contributed by atoms with Crippen LogP contribution < -0.4 is 5.32 Å². The van der Waals surface area contributed by atoms with Gasteiger partial charge in [0.25, 0.3) is 5.69 Å². The Hall–Kier alpha value is -2.14. The van der Waals surface area contributed by atoms with E-state index in [1.165, 1.54) is 6.07 Å². The van der Waals surface area contributed by atoms with E-state index in [-0.39, 0.29) is 10.6 Å². The molecule has 2 rings (SSSR count). The molecule has 0 fully saturated rings. The zero-order chi connectivity index (χ0) is 14.7. The molecule has 0 amide bonds. The van der Waals surface area contributed by atoms with Gasteiger partial charge in [0.2, 0.25) is 0 Å². The number of nitrogens with one attached hydrogen (secondary N) is 1. The van der Waals surface area contributed by atoms with Gasteiger partial charge < -0.3 is 9.73 Å². The maximum atomic E-state index is 11.0. The van der Waals surface area contributed by atoms with E-state index in [0.29, 0.717) is 23.9 Å². The van der Waals surface area contributed by atoms with Crippen molar-refractivity contribution in [3.05, 3.63) is 51.8 Å². The monoisotopic (exact) mass is 274 g/mol. The highest BCUT2D eigenvalue weighted by molar-refractivity contribution is 5.67. The van der Waals surface area contributed by atoms with Gasteiger partial charge in [-0.1, -0.05) is 26.0 Å². The van der Waals surface area contributed by atoms with Crippen LogP contribution in [0.1, 0.15) is 25.2 Å². The molecular weight excluding hydrogens is 256 g/mol. The third-order valence-electron chi connectivity index (χ3n) is 3.11. The molecule has 5 heteroatoms. The van der Waals surface area contributed by atoms with E-state index >= 15 is 0 Å². The minimum atomic E-state index is -0.372. The SMILES string of the molecule is Cc1c(-c2ccc(CNC(C)C)o2)cccc1[N+](=O)[O-]. The second kappa shape index (κ2) is 5.88. The number of benzene rings is 1. The first-order valence-corrected chi connectivity index (χ1v) is 6.55. The van der Waals surface area contributed by atoms with Crippen LogP contribution in [-0.4, -0.2) is 11.0 Å². The van der Waals surface area contributed by atoms with Crippen molar-refractivity contribution in [2.75, 3.05) is 0 Å². The second-order valence-corrected chi connectivity index (χ2v) is 5.01. The Morgan fingerprint density at radius 1 is 1.30 bits per heavy atom. The van der Waals surface area contributed by atoms with Gasteiger partial charge in [0, 0.05) is 23.2 Å². The van der Waals surface area contributed by atoms with E-state index in [2.05, 4.69) is 19.2 Å². The third-order valence-corrected chi connectivity index (χ3v) is 3.11. The first-order valence-electron chi connectivity index (χ1n) is 6.55. The van der Waals surface area contributed by atoms with Crippen LogP contribution in [0.25, 0.3) is 11.3 Å². The van der Waals surface area contributed by atoms with Crippen LogP contribution >= 0.6 is 0 Å². The molecule has 1 aromatic carbocycles. The minimum absolute atomic E-state index is 0.112. The fourth-order valence-corrected chi connectivity index (χ4v) is 2.01. The lowest BCUT2D eigenvalue weighted by Crippen LogP contribution is -2.21. The number of hydrogen-bond acceptors (Lipinski definition) is 4. The number of nitrogens with zero attached hydrogens (tertiary/aromatic N) is 1. The van der Waals surface area contributed by atoms with E-state index in [1.54, 1.807) is 13.0 Å². The predicted molar refractivity (Wildman–Crippen MR) is 77.5 cm³/mol. The summed E-state index contributed by atoms with van der Waals surface area (Å²) in [5.74, 6) is 1.48. The molecule has 1 heterocycles. The number of rotatable bonds is 5. The number of nitro groups is 1. The molecular formula is C15H18N2O3. The quantitative estimate of drug-likeness (QED) is 0.667. The zero-order valence-corrected chi connectivity index (χ0v) is 11.8. The molecule has 5 nitrogen and oxygen atoms in total. The lowest BCUT2D eigenvalue weighted by molar-refractivity contribution is -0.385. The normalized spacial score (nSPS) is 11.0. The average Bonchev–Trinajstić information content (AvgIpc) is 2.85. The highest BCUT2D eigenvalue weighted by Crippen LogP contribution is 2.30. The van der Waals surface area contributed by atoms with Crippen molar-refractivity contribution in [1.29, 1.82) is 0 Å². The highest BCUT2D eigenvalue weighted by Gasteiger charge is 2.16. The van der Waals surface area contributed by atoms with E-state index in [4.69, 9.17) is 4.42 Å². The molecule has 1 aromatic heterocycles. The van der Waals surface area contributed by atoms with Crippen molar-refractivity contribution in [3.63, 3.8) is 0 Å². The summed E-state index contributed by atoms with van der Waals surface area (Å²) >= 11 is 0. The molecule has 0 aliphatic carbocycles. The van der Waals surface area contributed by atoms with Crippen molar-refractivity contribution < 1.29 is 9.34 Å². The maximum Gasteiger partial charge on any atom is 0.273 e. The van der Waals surface area contributed by atoms with Crippen molar-refractivity contribution in [1.82, 2.24) is 5.32 Å². The molecule has 0 atom stereocenters. The fraction of sp³-hybridized carbons (Fsp3) is 0.333. The molecule has 106 valence electrons. The molecule has 0 radical (unpaired) electrons. The van der Waals surface area contributed by atoms with Crippen LogP contribution in [0.4, 0.5) is 5.69 Å². The Labute approximate surface area is 117 Å². The molecule has 0 bridgehead atoms. The minimum Gasteiger partial charge on any atom is -0.460 e. The highest BCUT2D eigenvalue weighted by atomic mass is 16.6. The van der Waals surface area contributed by atoms with Gasteiger partial charge in [0.1, 0.15) is 11.5 Å². The number of nitro benzene ring substituents is 1. The Balaban J connectivity index is 2.28. The molecule has 20 heavy (non-hydrogen) atoms. The molecule has 0 aliphatic heterocycles. The molecule has 2 aromatic rings. The first kappa shape index (κ1) is 14.3. The van der Waals surface area contributed by atoms with Gasteiger partial charge in [-0.15, -0.1) is 0 Å². The molecule has 0 spiro atoms. The smallest absolute Gasteiger partial charge is 0.273 e. The van der Waals surface area contributed by atoms with Gasteiger partial charge in [-0.25, -0.2) is 0 Å². The van der Waals surface area contributed by atoms with Gasteiger partial charge in [0.15, 0.2) is 0 Å². The largest absolute Gasteiger partial charge is 0.460 e. The molecule has 1 N–H and O–H groups in total. The standard InChI is InChI=1S/C15H18N2O3/c1-10(2)16-9-12-7-8-15(20-12)13-5-4-6-14(11(13)3)17(18)19/h4-8,10,16H,9H2,1-3H3. The third kappa shape index (κ3) is 3.05. The summed E-state index contributed by atoms with van der Waals surface area (Å²) in [5, 5.41) is 14.2. The Morgan fingerprint density at radius 2 is 2.05 bits per heavy atom. The van der Waals surface area contributed by atoms with Crippen LogP contribution in [-0.2, 0) is 6.54 Å². The van der Waals surface area contributed by atoms with Gasteiger partial charge in [-0.05, 0) is 19.1 Å². The van der Waals surface area contributed by atoms with Crippen molar-refractivity contribution in [2.45, 2.75) is 33.4 Å².